The van der Waals surface area contributed by atoms with Gasteiger partial charge in [-0.25, -0.2) is 4.98 Å². The number of ether oxygens (including phenoxy) is 3. The van der Waals surface area contributed by atoms with Crippen molar-refractivity contribution < 1.29 is 19.0 Å². The topological polar surface area (TPSA) is 108 Å². The number of nitrogens with zero attached hydrogens (tertiary/aromatic N) is 1. The number of benzene rings is 3. The molecule has 0 bridgehead atoms. The van der Waals surface area contributed by atoms with Crippen LogP contribution in [0.2, 0.25) is 0 Å². The van der Waals surface area contributed by atoms with Crippen LogP contribution in [0.5, 0.6) is 17.2 Å². The fourth-order valence-electron chi connectivity index (χ4n) is 4.65. The summed E-state index contributed by atoms with van der Waals surface area (Å²) in [4.78, 5) is 18.0. The van der Waals surface area contributed by atoms with E-state index in [0.717, 1.165) is 33.3 Å². The second-order valence-electron chi connectivity index (χ2n) is 10.6. The number of hydrogen-bond acceptors (Lipinski definition) is 7. The molecule has 1 fully saturated rings. The summed E-state index contributed by atoms with van der Waals surface area (Å²) in [5, 5.41) is 8.34. The summed E-state index contributed by atoms with van der Waals surface area (Å²) in [6.45, 7) is 7.38. The van der Waals surface area contributed by atoms with Gasteiger partial charge in [0.15, 0.2) is 11.5 Å². The highest BCUT2D eigenvalue weighted by atomic mass is 16.5. The second kappa shape index (κ2) is 12.8. The van der Waals surface area contributed by atoms with Gasteiger partial charge in [0.05, 0.1) is 19.3 Å². The molecule has 1 aliphatic rings. The zero-order valence-electron chi connectivity index (χ0n) is 23.9. The van der Waals surface area contributed by atoms with Gasteiger partial charge in [-0.1, -0.05) is 24.3 Å². The highest BCUT2D eigenvalue weighted by molar-refractivity contribution is 5.94. The molecule has 1 aliphatic carbocycles. The van der Waals surface area contributed by atoms with E-state index >= 15 is 0 Å². The highest BCUT2D eigenvalue weighted by Crippen LogP contribution is 2.34. The Labute approximate surface area is 241 Å². The molecule has 0 radical (unpaired) electrons. The van der Waals surface area contributed by atoms with Crippen LogP contribution in [0.25, 0.3) is 10.8 Å². The molecule has 41 heavy (non-hydrogen) atoms. The Bertz CT molecular complexity index is 1500. The zero-order valence-corrected chi connectivity index (χ0v) is 23.9. The lowest BCUT2D eigenvalue weighted by Gasteiger charge is -2.23. The first kappa shape index (κ1) is 28.1. The average molecular weight is 555 g/mol. The van der Waals surface area contributed by atoms with Gasteiger partial charge in [-0.3, -0.25) is 4.79 Å². The van der Waals surface area contributed by atoms with E-state index in [1.54, 1.807) is 6.20 Å². The molecule has 1 atom stereocenters. The maximum atomic E-state index is 13.8. The summed E-state index contributed by atoms with van der Waals surface area (Å²) in [5.41, 5.74) is 8.51. The van der Waals surface area contributed by atoms with Gasteiger partial charge in [-0.15, -0.1) is 0 Å². The van der Waals surface area contributed by atoms with Gasteiger partial charge in [0, 0.05) is 29.4 Å². The molecule has 1 saturated carbocycles. The quantitative estimate of drug-likeness (QED) is 0.179. The number of anilines is 2. The van der Waals surface area contributed by atoms with Gasteiger partial charge in [0.2, 0.25) is 5.91 Å². The third-order valence-corrected chi connectivity index (χ3v) is 6.93. The molecule has 5 rings (SSSR count). The van der Waals surface area contributed by atoms with Crippen molar-refractivity contribution in [3.05, 3.63) is 84.1 Å². The normalized spacial score (nSPS) is 13.6. The number of rotatable bonds is 13. The van der Waals surface area contributed by atoms with E-state index < -0.39 is 6.04 Å². The lowest BCUT2D eigenvalue weighted by molar-refractivity contribution is -0.122. The predicted molar refractivity (Wildman–Crippen MR) is 162 cm³/mol. The number of amides is 1. The first-order chi connectivity index (χ1) is 19.9. The van der Waals surface area contributed by atoms with Crippen LogP contribution in [0.3, 0.4) is 0 Å². The molecular weight excluding hydrogens is 516 g/mol. The maximum absolute atomic E-state index is 13.8. The van der Waals surface area contributed by atoms with E-state index in [1.807, 2.05) is 87.5 Å². The lowest BCUT2D eigenvalue weighted by atomic mass is 10.0. The first-order valence-electron chi connectivity index (χ1n) is 14.2. The zero-order chi connectivity index (χ0) is 28.8. The molecule has 1 amide bonds. The molecule has 1 heterocycles. The van der Waals surface area contributed by atoms with Gasteiger partial charge in [0.1, 0.15) is 17.6 Å². The minimum atomic E-state index is -0.710. The number of carbonyl (C=O) groups is 1. The van der Waals surface area contributed by atoms with E-state index in [9.17, 15) is 4.79 Å². The summed E-state index contributed by atoms with van der Waals surface area (Å²) >= 11 is 0. The van der Waals surface area contributed by atoms with Gasteiger partial charge >= 0.3 is 0 Å². The Morgan fingerprint density at radius 3 is 2.61 bits per heavy atom. The molecule has 0 saturated heterocycles. The van der Waals surface area contributed by atoms with Crippen LogP contribution < -0.4 is 30.6 Å². The third-order valence-electron chi connectivity index (χ3n) is 6.93. The van der Waals surface area contributed by atoms with E-state index in [0.29, 0.717) is 43.0 Å². The lowest BCUT2D eigenvalue weighted by Crippen LogP contribution is -2.33. The van der Waals surface area contributed by atoms with Crippen molar-refractivity contribution in [3.8, 4) is 17.2 Å². The van der Waals surface area contributed by atoms with Crippen LogP contribution >= 0.6 is 0 Å². The summed E-state index contributed by atoms with van der Waals surface area (Å²) in [5.74, 6) is 2.96. The molecule has 0 aliphatic heterocycles. The molecule has 214 valence electrons. The van der Waals surface area contributed by atoms with Gasteiger partial charge in [-0.2, -0.15) is 0 Å². The number of para-hydroxylation sites is 1. The summed E-state index contributed by atoms with van der Waals surface area (Å²) in [6, 6.07) is 20.4. The number of hydrogen-bond donors (Lipinski definition) is 3. The Balaban J connectivity index is 1.42. The summed E-state index contributed by atoms with van der Waals surface area (Å²) in [6.07, 6.45) is 4.10. The Morgan fingerprint density at radius 2 is 1.83 bits per heavy atom. The van der Waals surface area contributed by atoms with Crippen LogP contribution in [0.4, 0.5) is 11.5 Å². The standard InChI is InChI=1S/C33H38N4O4/c1-4-39-30-18-24(11-14-29(30)41-21(2)3)31(37-26-12-13-27-23(17-26)15-16-35-32(27)34)33(38)36-19-25-7-5-6-8-28(25)40-20-22-9-10-22/h5-8,11-18,21-22,31,37H,4,9-10,19-20H2,1-3H3,(H2,34,35)(H,36,38). The predicted octanol–water partition coefficient (Wildman–Crippen LogP) is 6.26. The van der Waals surface area contributed by atoms with Crippen LogP contribution in [-0.4, -0.2) is 30.2 Å². The van der Waals surface area contributed by atoms with E-state index in [-0.39, 0.29) is 12.0 Å². The van der Waals surface area contributed by atoms with Crippen molar-refractivity contribution in [1.29, 1.82) is 0 Å². The van der Waals surface area contributed by atoms with Crippen LogP contribution in [0.15, 0.2) is 72.9 Å². The van der Waals surface area contributed by atoms with Crippen LogP contribution in [-0.2, 0) is 11.3 Å². The number of fused-ring (bicyclic) bond motifs is 1. The average Bonchev–Trinajstić information content (AvgIpc) is 3.80. The van der Waals surface area contributed by atoms with Gasteiger partial charge < -0.3 is 30.6 Å². The number of nitrogens with two attached hydrogens (primary N) is 1. The molecule has 4 N–H and O–H groups in total. The van der Waals surface area contributed by atoms with E-state index in [1.165, 1.54) is 12.8 Å². The maximum Gasteiger partial charge on any atom is 0.247 e. The Hall–Kier alpha value is -4.46. The molecule has 4 aromatic rings. The van der Waals surface area contributed by atoms with Gasteiger partial charge in [0.25, 0.3) is 0 Å². The second-order valence-corrected chi connectivity index (χ2v) is 10.6. The first-order valence-corrected chi connectivity index (χ1v) is 14.2. The molecule has 1 unspecified atom stereocenters. The summed E-state index contributed by atoms with van der Waals surface area (Å²) < 4.78 is 17.9. The van der Waals surface area contributed by atoms with E-state index in [2.05, 4.69) is 15.6 Å². The number of carbonyl (C=O) groups excluding carboxylic acids is 1. The molecule has 8 heteroatoms. The molecule has 0 spiro atoms. The van der Waals surface area contributed by atoms with Crippen molar-refractivity contribution in [2.24, 2.45) is 5.92 Å². The fourth-order valence-corrected chi connectivity index (χ4v) is 4.65. The van der Waals surface area contributed by atoms with Crippen LogP contribution in [0.1, 0.15) is 50.8 Å². The monoisotopic (exact) mass is 554 g/mol. The van der Waals surface area contributed by atoms with E-state index in [4.69, 9.17) is 19.9 Å². The van der Waals surface area contributed by atoms with Crippen molar-refractivity contribution in [1.82, 2.24) is 10.3 Å². The number of aromatic nitrogens is 1. The summed E-state index contributed by atoms with van der Waals surface area (Å²) in [7, 11) is 0. The van der Waals surface area contributed by atoms with Crippen molar-refractivity contribution in [3.63, 3.8) is 0 Å². The van der Waals surface area contributed by atoms with Gasteiger partial charge in [-0.05, 0) is 92.9 Å². The highest BCUT2D eigenvalue weighted by Gasteiger charge is 2.24. The largest absolute Gasteiger partial charge is 0.493 e. The SMILES string of the molecule is CCOc1cc(C(Nc2ccc3c(N)nccc3c2)C(=O)NCc2ccccc2OCC2CC2)ccc1OC(C)C. The minimum absolute atomic E-state index is 0.0148. The number of pyridine rings is 1. The molecule has 3 aromatic carbocycles. The molecule has 1 aromatic heterocycles. The third kappa shape index (κ3) is 7.20. The molecular formula is C33H38N4O4. The fraction of sp³-hybridized carbons (Fsp3) is 0.333. The number of nitrogen functional groups attached to an aromatic ring is 1. The van der Waals surface area contributed by atoms with Crippen molar-refractivity contribution >= 4 is 28.2 Å². The smallest absolute Gasteiger partial charge is 0.247 e. The minimum Gasteiger partial charge on any atom is -0.493 e. The Kier molecular flexibility index (Phi) is 8.77. The Morgan fingerprint density at radius 1 is 1.00 bits per heavy atom. The number of nitrogens with one attached hydrogen (secondary N) is 2. The van der Waals surface area contributed by atoms with Crippen molar-refractivity contribution in [2.75, 3.05) is 24.3 Å². The molecule has 8 nitrogen and oxygen atoms in total. The van der Waals surface area contributed by atoms with Crippen LogP contribution in [0, 0.1) is 5.92 Å². The van der Waals surface area contributed by atoms with Crippen molar-refractivity contribution in [2.45, 2.75) is 52.3 Å².